The molecule has 0 aliphatic rings. The molecule has 9 heteroatoms. The van der Waals surface area contributed by atoms with Gasteiger partial charge in [-0.25, -0.2) is 10.2 Å². The van der Waals surface area contributed by atoms with E-state index in [-0.39, 0.29) is 31.4 Å². The highest BCUT2D eigenvalue weighted by molar-refractivity contribution is 5.94. The van der Waals surface area contributed by atoms with Crippen LogP contribution in [0.3, 0.4) is 0 Å². The standard InChI is InChI=1S/C29H31N3O6/c1-3-36-26-17-21(15-16-25(26)38-20-28(34)37-4-2)19-30-32-27(33)18-24(22-11-7-5-8-12-22)31-29(35)23-13-9-6-10-14-23/h5-17,19,24H,3-4,18,20H2,1-2H3,(H,31,35)(H,32,33)/b30-19-/t24-/m1/s1. The number of benzene rings is 3. The first-order valence-electron chi connectivity index (χ1n) is 12.3. The predicted molar refractivity (Wildman–Crippen MR) is 143 cm³/mol. The van der Waals surface area contributed by atoms with Crippen LogP contribution in [0.4, 0.5) is 0 Å². The summed E-state index contributed by atoms with van der Waals surface area (Å²) in [5.74, 6) is -0.301. The average Bonchev–Trinajstić information content (AvgIpc) is 2.93. The first kappa shape index (κ1) is 27.9. The Labute approximate surface area is 221 Å². The van der Waals surface area contributed by atoms with Gasteiger partial charge in [0.2, 0.25) is 5.91 Å². The summed E-state index contributed by atoms with van der Waals surface area (Å²) < 4.78 is 16.0. The van der Waals surface area contributed by atoms with Gasteiger partial charge in [-0.15, -0.1) is 0 Å². The number of rotatable bonds is 13. The zero-order valence-corrected chi connectivity index (χ0v) is 21.4. The number of nitrogens with zero attached hydrogens (tertiary/aromatic N) is 1. The number of nitrogens with one attached hydrogen (secondary N) is 2. The summed E-state index contributed by atoms with van der Waals surface area (Å²) in [4.78, 5) is 37.0. The number of hydrazone groups is 1. The van der Waals surface area contributed by atoms with Gasteiger partial charge in [0, 0.05) is 5.56 Å². The van der Waals surface area contributed by atoms with Crippen LogP contribution < -0.4 is 20.2 Å². The monoisotopic (exact) mass is 517 g/mol. The maximum atomic E-state index is 12.7. The van der Waals surface area contributed by atoms with E-state index in [2.05, 4.69) is 15.8 Å². The summed E-state index contributed by atoms with van der Waals surface area (Å²) in [5, 5.41) is 6.98. The van der Waals surface area contributed by atoms with Crippen molar-refractivity contribution in [3.63, 3.8) is 0 Å². The highest BCUT2D eigenvalue weighted by atomic mass is 16.6. The lowest BCUT2D eigenvalue weighted by molar-refractivity contribution is -0.145. The van der Waals surface area contributed by atoms with E-state index in [4.69, 9.17) is 14.2 Å². The third-order valence-electron chi connectivity index (χ3n) is 5.25. The van der Waals surface area contributed by atoms with Crippen molar-refractivity contribution < 1.29 is 28.6 Å². The van der Waals surface area contributed by atoms with Gasteiger partial charge in [0.05, 0.1) is 31.9 Å². The fraction of sp³-hybridized carbons (Fsp3) is 0.241. The molecule has 0 fully saturated rings. The molecule has 38 heavy (non-hydrogen) atoms. The number of hydrogen-bond acceptors (Lipinski definition) is 7. The van der Waals surface area contributed by atoms with Gasteiger partial charge >= 0.3 is 5.97 Å². The van der Waals surface area contributed by atoms with Crippen LogP contribution >= 0.6 is 0 Å². The summed E-state index contributed by atoms with van der Waals surface area (Å²) in [6.07, 6.45) is 1.46. The Morgan fingerprint density at radius 2 is 1.58 bits per heavy atom. The zero-order valence-electron chi connectivity index (χ0n) is 21.4. The van der Waals surface area contributed by atoms with Crippen LogP contribution in [0.1, 0.15) is 47.8 Å². The lowest BCUT2D eigenvalue weighted by Crippen LogP contribution is -2.32. The lowest BCUT2D eigenvalue weighted by atomic mass is 10.0. The van der Waals surface area contributed by atoms with E-state index in [9.17, 15) is 14.4 Å². The number of esters is 1. The molecule has 2 amide bonds. The Kier molecular flexibility index (Phi) is 10.9. The molecule has 0 aliphatic carbocycles. The van der Waals surface area contributed by atoms with E-state index in [0.29, 0.717) is 29.2 Å². The predicted octanol–water partition coefficient (Wildman–Crippen LogP) is 4.04. The molecular weight excluding hydrogens is 486 g/mol. The fourth-order valence-electron chi connectivity index (χ4n) is 3.51. The molecule has 0 radical (unpaired) electrons. The Hall–Kier alpha value is -4.66. The molecule has 3 rings (SSSR count). The minimum absolute atomic E-state index is 0.00917. The van der Waals surface area contributed by atoms with Crippen LogP contribution in [0.5, 0.6) is 11.5 Å². The molecule has 198 valence electrons. The van der Waals surface area contributed by atoms with E-state index < -0.39 is 12.0 Å². The number of hydrogen-bond donors (Lipinski definition) is 2. The molecule has 0 aliphatic heterocycles. The molecule has 0 bridgehead atoms. The van der Waals surface area contributed by atoms with Crippen LogP contribution in [-0.2, 0) is 14.3 Å². The van der Waals surface area contributed by atoms with Crippen molar-refractivity contribution in [1.82, 2.24) is 10.7 Å². The Morgan fingerprint density at radius 3 is 2.26 bits per heavy atom. The van der Waals surface area contributed by atoms with Gasteiger partial charge in [-0.1, -0.05) is 48.5 Å². The average molecular weight is 518 g/mol. The molecule has 0 spiro atoms. The molecule has 0 saturated heterocycles. The van der Waals surface area contributed by atoms with E-state index in [1.807, 2.05) is 43.3 Å². The molecule has 3 aromatic carbocycles. The molecule has 3 aromatic rings. The van der Waals surface area contributed by atoms with Gasteiger partial charge in [-0.05, 0) is 55.3 Å². The summed E-state index contributed by atoms with van der Waals surface area (Å²) in [6.45, 7) is 3.98. The molecule has 0 heterocycles. The number of carbonyl (C=O) groups is 3. The quantitative estimate of drug-likeness (QED) is 0.201. The summed E-state index contributed by atoms with van der Waals surface area (Å²) in [5.41, 5.74) is 4.47. The van der Waals surface area contributed by atoms with Crippen LogP contribution in [0, 0.1) is 0 Å². The number of amides is 2. The van der Waals surface area contributed by atoms with Crippen molar-refractivity contribution >= 4 is 24.0 Å². The molecule has 0 saturated carbocycles. The molecular formula is C29H31N3O6. The summed E-state index contributed by atoms with van der Waals surface area (Å²) in [6, 6.07) is 22.6. The van der Waals surface area contributed by atoms with Crippen LogP contribution in [-0.4, -0.2) is 43.8 Å². The first-order valence-corrected chi connectivity index (χ1v) is 12.3. The second-order valence-electron chi connectivity index (χ2n) is 8.03. The van der Waals surface area contributed by atoms with Gasteiger partial charge in [0.15, 0.2) is 18.1 Å². The summed E-state index contributed by atoms with van der Waals surface area (Å²) >= 11 is 0. The second kappa shape index (κ2) is 14.8. The maximum Gasteiger partial charge on any atom is 0.344 e. The SMILES string of the molecule is CCOC(=O)COc1ccc(/C=N\NC(=O)C[C@@H](NC(=O)c2ccccc2)c2ccccc2)cc1OCC. The van der Waals surface area contributed by atoms with Gasteiger partial charge in [-0.3, -0.25) is 9.59 Å². The van der Waals surface area contributed by atoms with Crippen molar-refractivity contribution in [2.45, 2.75) is 26.3 Å². The smallest absolute Gasteiger partial charge is 0.344 e. The number of carbonyl (C=O) groups excluding carboxylic acids is 3. The molecule has 0 aromatic heterocycles. The Balaban J connectivity index is 1.63. The van der Waals surface area contributed by atoms with Gasteiger partial charge in [-0.2, -0.15) is 5.10 Å². The molecule has 0 unspecified atom stereocenters. The third kappa shape index (κ3) is 8.77. The van der Waals surface area contributed by atoms with E-state index in [1.165, 1.54) is 6.21 Å². The van der Waals surface area contributed by atoms with Crippen molar-refractivity contribution in [3.05, 3.63) is 95.6 Å². The molecule has 9 nitrogen and oxygen atoms in total. The number of ether oxygens (including phenoxy) is 3. The van der Waals surface area contributed by atoms with Crippen molar-refractivity contribution in [1.29, 1.82) is 0 Å². The van der Waals surface area contributed by atoms with E-state index in [0.717, 1.165) is 5.56 Å². The second-order valence-corrected chi connectivity index (χ2v) is 8.03. The molecule has 2 N–H and O–H groups in total. The fourth-order valence-corrected chi connectivity index (χ4v) is 3.51. The maximum absolute atomic E-state index is 12.7. The topological polar surface area (TPSA) is 115 Å². The van der Waals surface area contributed by atoms with E-state index >= 15 is 0 Å². The molecule has 1 atom stereocenters. The highest BCUT2D eigenvalue weighted by Gasteiger charge is 2.19. The Morgan fingerprint density at radius 1 is 0.868 bits per heavy atom. The minimum Gasteiger partial charge on any atom is -0.490 e. The van der Waals surface area contributed by atoms with Gasteiger partial charge < -0.3 is 19.5 Å². The van der Waals surface area contributed by atoms with Gasteiger partial charge in [0.1, 0.15) is 0 Å². The Bertz CT molecular complexity index is 1230. The van der Waals surface area contributed by atoms with Crippen molar-refractivity contribution in [2.24, 2.45) is 5.10 Å². The van der Waals surface area contributed by atoms with Crippen LogP contribution in [0.15, 0.2) is 84.0 Å². The zero-order chi connectivity index (χ0) is 27.2. The summed E-state index contributed by atoms with van der Waals surface area (Å²) in [7, 11) is 0. The van der Waals surface area contributed by atoms with E-state index in [1.54, 1.807) is 49.4 Å². The largest absolute Gasteiger partial charge is 0.490 e. The highest BCUT2D eigenvalue weighted by Crippen LogP contribution is 2.28. The van der Waals surface area contributed by atoms with Crippen molar-refractivity contribution in [2.75, 3.05) is 19.8 Å². The van der Waals surface area contributed by atoms with Crippen molar-refractivity contribution in [3.8, 4) is 11.5 Å². The lowest BCUT2D eigenvalue weighted by Gasteiger charge is -2.18. The first-order chi connectivity index (χ1) is 18.5. The van der Waals surface area contributed by atoms with Gasteiger partial charge in [0.25, 0.3) is 5.91 Å². The normalized spacial score (nSPS) is 11.4. The van der Waals surface area contributed by atoms with Crippen LogP contribution in [0.25, 0.3) is 0 Å². The van der Waals surface area contributed by atoms with Crippen LogP contribution in [0.2, 0.25) is 0 Å². The third-order valence-corrected chi connectivity index (χ3v) is 5.25. The minimum atomic E-state index is -0.542.